The molecule has 5 nitrogen and oxygen atoms in total. The number of fused-ring (bicyclic) bond motifs is 1. The Labute approximate surface area is 172 Å². The van der Waals surface area contributed by atoms with Crippen LogP contribution in [0.3, 0.4) is 0 Å². The fourth-order valence-electron chi connectivity index (χ4n) is 3.66. The van der Waals surface area contributed by atoms with Crippen LogP contribution in [0.25, 0.3) is 11.6 Å². The monoisotopic (exact) mass is 392 g/mol. The van der Waals surface area contributed by atoms with Gasteiger partial charge in [0.1, 0.15) is 5.75 Å². The molecule has 152 valence electrons. The highest BCUT2D eigenvalue weighted by molar-refractivity contribution is 6.35. The van der Waals surface area contributed by atoms with E-state index < -0.39 is 0 Å². The quantitative estimate of drug-likeness (QED) is 0.670. The smallest absolute Gasteiger partial charge is 0.256 e. The summed E-state index contributed by atoms with van der Waals surface area (Å²) in [6.07, 6.45) is 1.93. The zero-order valence-electron chi connectivity index (χ0n) is 17.8. The maximum Gasteiger partial charge on any atom is 0.256 e. The number of hydrogen-bond donors (Lipinski definition) is 2. The van der Waals surface area contributed by atoms with Crippen LogP contribution in [0.2, 0.25) is 0 Å². The Bertz CT molecular complexity index is 974. The van der Waals surface area contributed by atoms with Crippen molar-refractivity contribution >= 4 is 34.8 Å². The largest absolute Gasteiger partial charge is 0.496 e. The molecule has 0 aliphatic carbocycles. The number of carbonyl (C=O) groups is 2. The van der Waals surface area contributed by atoms with Gasteiger partial charge in [-0.2, -0.15) is 0 Å². The summed E-state index contributed by atoms with van der Waals surface area (Å²) in [7, 11) is 1.71. The van der Waals surface area contributed by atoms with Gasteiger partial charge in [-0.25, -0.2) is 0 Å². The van der Waals surface area contributed by atoms with E-state index in [2.05, 4.69) is 50.5 Å². The molecule has 1 aliphatic heterocycles. The number of nitrogens with one attached hydrogen (secondary N) is 2. The summed E-state index contributed by atoms with van der Waals surface area (Å²) in [5.74, 6) is 1.23. The molecular formula is C24H28N2O3. The molecule has 1 aliphatic rings. The molecule has 0 aromatic heterocycles. The van der Waals surface area contributed by atoms with Crippen molar-refractivity contribution in [3.8, 4) is 5.75 Å². The summed E-state index contributed by atoms with van der Waals surface area (Å²) in [5, 5.41) is 5.64. The zero-order valence-corrected chi connectivity index (χ0v) is 17.8. The SMILES string of the molecule is COc1c(C(C)C)cc(/C=C2/C(=O)Nc3cc(NC(C)=O)ccc32)cc1C(C)C. The minimum Gasteiger partial charge on any atom is -0.496 e. The lowest BCUT2D eigenvalue weighted by atomic mass is 9.90. The van der Waals surface area contributed by atoms with Gasteiger partial charge in [-0.3, -0.25) is 9.59 Å². The van der Waals surface area contributed by atoms with Gasteiger partial charge in [0, 0.05) is 23.7 Å². The Balaban J connectivity index is 2.09. The Hall–Kier alpha value is -3.08. The number of anilines is 2. The molecule has 2 aromatic carbocycles. The molecule has 5 heteroatoms. The third kappa shape index (κ3) is 4.19. The van der Waals surface area contributed by atoms with E-state index in [1.54, 1.807) is 13.2 Å². The molecule has 0 radical (unpaired) electrons. The predicted octanol–water partition coefficient (Wildman–Crippen LogP) is 5.39. The van der Waals surface area contributed by atoms with Crippen LogP contribution in [0, 0.1) is 0 Å². The van der Waals surface area contributed by atoms with Crippen LogP contribution in [-0.2, 0) is 9.59 Å². The second-order valence-corrected chi connectivity index (χ2v) is 8.00. The molecule has 0 atom stereocenters. The minimum absolute atomic E-state index is 0.145. The molecule has 0 saturated heterocycles. The average molecular weight is 392 g/mol. The Morgan fingerprint density at radius 3 is 2.21 bits per heavy atom. The lowest BCUT2D eigenvalue weighted by molar-refractivity contribution is -0.114. The molecule has 1 heterocycles. The van der Waals surface area contributed by atoms with Gasteiger partial charge >= 0.3 is 0 Å². The second-order valence-electron chi connectivity index (χ2n) is 8.00. The van der Waals surface area contributed by atoms with Crippen LogP contribution in [0.1, 0.15) is 68.7 Å². The number of ether oxygens (including phenoxy) is 1. The van der Waals surface area contributed by atoms with Crippen LogP contribution in [0.4, 0.5) is 11.4 Å². The van der Waals surface area contributed by atoms with Gasteiger partial charge in [0.25, 0.3) is 5.91 Å². The normalized spacial score (nSPS) is 14.3. The topological polar surface area (TPSA) is 67.4 Å². The van der Waals surface area contributed by atoms with E-state index in [-0.39, 0.29) is 11.8 Å². The van der Waals surface area contributed by atoms with E-state index in [0.717, 1.165) is 28.0 Å². The van der Waals surface area contributed by atoms with E-state index in [9.17, 15) is 9.59 Å². The maximum atomic E-state index is 12.6. The molecule has 2 N–H and O–H groups in total. The summed E-state index contributed by atoms with van der Waals surface area (Å²) >= 11 is 0. The van der Waals surface area contributed by atoms with Gasteiger partial charge in [0.15, 0.2) is 0 Å². The van der Waals surface area contributed by atoms with Gasteiger partial charge in [-0.05, 0) is 58.9 Å². The van der Waals surface area contributed by atoms with Gasteiger partial charge < -0.3 is 15.4 Å². The van der Waals surface area contributed by atoms with Crippen LogP contribution in [-0.4, -0.2) is 18.9 Å². The standard InChI is InChI=1S/C24H28N2O3/c1-13(2)19-9-16(10-20(14(3)4)23(19)29-6)11-21-18-8-7-17(25-15(5)27)12-22(18)26-24(21)28/h7-14H,1-6H3,(H,25,27)(H,26,28)/b21-11+. The molecule has 3 rings (SSSR count). The van der Waals surface area contributed by atoms with E-state index in [1.807, 2.05) is 18.2 Å². The maximum absolute atomic E-state index is 12.6. The molecule has 0 fully saturated rings. The molecule has 2 amide bonds. The van der Waals surface area contributed by atoms with Crippen molar-refractivity contribution in [2.45, 2.75) is 46.5 Å². The lowest BCUT2D eigenvalue weighted by Crippen LogP contribution is -2.06. The van der Waals surface area contributed by atoms with Crippen molar-refractivity contribution < 1.29 is 14.3 Å². The first-order chi connectivity index (χ1) is 13.7. The first kappa shape index (κ1) is 20.6. The van der Waals surface area contributed by atoms with Crippen molar-refractivity contribution in [3.05, 3.63) is 52.6 Å². The van der Waals surface area contributed by atoms with Crippen molar-refractivity contribution in [2.75, 3.05) is 17.7 Å². The Morgan fingerprint density at radius 2 is 1.69 bits per heavy atom. The van der Waals surface area contributed by atoms with E-state index in [4.69, 9.17) is 4.74 Å². The van der Waals surface area contributed by atoms with Gasteiger partial charge in [0.2, 0.25) is 5.91 Å². The fourth-order valence-corrected chi connectivity index (χ4v) is 3.66. The van der Waals surface area contributed by atoms with Crippen LogP contribution < -0.4 is 15.4 Å². The summed E-state index contributed by atoms with van der Waals surface area (Å²) in [6.45, 7) is 10.0. The van der Waals surface area contributed by atoms with E-state index in [1.165, 1.54) is 6.92 Å². The summed E-state index contributed by atoms with van der Waals surface area (Å²) < 4.78 is 5.71. The third-order valence-electron chi connectivity index (χ3n) is 5.05. The second kappa shape index (κ2) is 8.11. The number of benzene rings is 2. The highest BCUT2D eigenvalue weighted by Gasteiger charge is 2.25. The predicted molar refractivity (Wildman–Crippen MR) is 118 cm³/mol. The van der Waals surface area contributed by atoms with Gasteiger partial charge in [-0.1, -0.05) is 33.8 Å². The fraction of sp³-hybridized carbons (Fsp3) is 0.333. The number of amides is 2. The molecular weight excluding hydrogens is 364 g/mol. The number of carbonyl (C=O) groups excluding carboxylic acids is 2. The highest BCUT2D eigenvalue weighted by atomic mass is 16.5. The average Bonchev–Trinajstić information content (AvgIpc) is 2.94. The van der Waals surface area contributed by atoms with E-state index in [0.29, 0.717) is 28.8 Å². The molecule has 0 unspecified atom stereocenters. The summed E-state index contributed by atoms with van der Waals surface area (Å²) in [5.41, 5.74) is 6.04. The third-order valence-corrected chi connectivity index (χ3v) is 5.05. The zero-order chi connectivity index (χ0) is 21.3. The summed E-state index contributed by atoms with van der Waals surface area (Å²) in [4.78, 5) is 23.9. The van der Waals surface area contributed by atoms with Crippen molar-refractivity contribution in [1.29, 1.82) is 0 Å². The van der Waals surface area contributed by atoms with Crippen molar-refractivity contribution in [3.63, 3.8) is 0 Å². The minimum atomic E-state index is -0.147. The molecule has 2 aromatic rings. The van der Waals surface area contributed by atoms with Crippen LogP contribution >= 0.6 is 0 Å². The van der Waals surface area contributed by atoms with Crippen molar-refractivity contribution in [1.82, 2.24) is 0 Å². The first-order valence-electron chi connectivity index (χ1n) is 9.88. The molecule has 0 spiro atoms. The van der Waals surface area contributed by atoms with Crippen molar-refractivity contribution in [2.24, 2.45) is 0 Å². The molecule has 0 saturated carbocycles. The first-order valence-corrected chi connectivity index (χ1v) is 9.88. The Morgan fingerprint density at radius 1 is 1.07 bits per heavy atom. The molecule has 29 heavy (non-hydrogen) atoms. The van der Waals surface area contributed by atoms with Gasteiger partial charge in [-0.15, -0.1) is 0 Å². The van der Waals surface area contributed by atoms with E-state index >= 15 is 0 Å². The van der Waals surface area contributed by atoms with Gasteiger partial charge in [0.05, 0.1) is 12.8 Å². The number of hydrogen-bond acceptors (Lipinski definition) is 3. The number of methoxy groups -OCH3 is 1. The summed E-state index contributed by atoms with van der Waals surface area (Å²) in [6, 6.07) is 9.64. The van der Waals surface area contributed by atoms with Crippen LogP contribution in [0.5, 0.6) is 5.75 Å². The van der Waals surface area contributed by atoms with Crippen LogP contribution in [0.15, 0.2) is 30.3 Å². The Kier molecular flexibility index (Phi) is 5.78. The lowest BCUT2D eigenvalue weighted by Gasteiger charge is -2.19. The molecule has 0 bridgehead atoms. The highest BCUT2D eigenvalue weighted by Crippen LogP contribution is 2.39. The number of rotatable bonds is 5.